The van der Waals surface area contributed by atoms with Crippen LogP contribution in [0.3, 0.4) is 0 Å². The maximum absolute atomic E-state index is 13.0. The monoisotopic (exact) mass is 1850 g/mol. The molecule has 0 atom stereocenters. The van der Waals surface area contributed by atoms with Crippen LogP contribution in [0.25, 0.3) is 67.6 Å². The topological polar surface area (TPSA) is 361 Å². The Hall–Kier alpha value is -17.8. The Morgan fingerprint density at radius 2 is 0.870 bits per heavy atom. The minimum atomic E-state index is -0.309. The molecule has 2 aliphatic heterocycles. The summed E-state index contributed by atoms with van der Waals surface area (Å²) in [6, 6.07) is 81.8. The van der Waals surface area contributed by atoms with E-state index in [0.29, 0.717) is 41.3 Å². The van der Waals surface area contributed by atoms with E-state index in [2.05, 4.69) is 93.4 Å². The molecule has 12 aromatic heterocycles. The molecule has 2 fully saturated rings. The summed E-state index contributed by atoms with van der Waals surface area (Å²) in [6.45, 7) is 6.73. The van der Waals surface area contributed by atoms with Crippen molar-refractivity contribution >= 4 is 115 Å². The van der Waals surface area contributed by atoms with Crippen LogP contribution in [-0.4, -0.2) is 122 Å². The fraction of sp³-hybridized carbons (Fsp3) is 0.121. The number of fused-ring (bicyclic) bond motifs is 5. The van der Waals surface area contributed by atoms with Crippen molar-refractivity contribution in [3.05, 3.63) is 421 Å². The highest BCUT2D eigenvalue weighted by atomic mass is 35.5. The van der Waals surface area contributed by atoms with Crippen LogP contribution in [0.1, 0.15) is 82.1 Å². The molecule has 3 aliphatic rings. The SMILES string of the molecule is CN(C)c1ccc(CNC(=O)c2ccc(Nc3ccc(-c4ccc5c(c4)CNC5=O)n4ccnc34)cc2)cc1.Cc1ccccc1CNC(=O)c1ccc(Nc2ccc(-c3cc[nH]c(=O)c3)n3ccnc23)cc1.O=C(NC1(c2ccc(Cl)cc2)CC1)c1ccc(Nc2ccc(-c3cc[nH]c(=O)c3)n3ccnc23)cc1.O=c1cc(-c2ccc(Nc3ccc(N4CCOCC4)nc3)c3nccn23)cc[nH]1. The number of aryl methyl sites for hydroxylation is 1. The summed E-state index contributed by atoms with van der Waals surface area (Å²) in [6.07, 6.45) is 23.0. The second kappa shape index (κ2) is 40.0. The Kier molecular flexibility index (Phi) is 25.9. The molecule has 7 aromatic carbocycles. The molecule has 0 spiro atoms. The number of carbonyl (C=O) groups excluding carboxylic acids is 4. The number of pyridine rings is 8. The van der Waals surface area contributed by atoms with Crippen molar-refractivity contribution in [1.82, 2.24) is 78.7 Å². The van der Waals surface area contributed by atoms with E-state index in [1.807, 2.05) is 299 Å². The number of aromatic nitrogens is 12. The number of rotatable bonds is 23. The fourth-order valence-electron chi connectivity index (χ4n) is 16.7. The Morgan fingerprint density at radius 3 is 1.30 bits per heavy atom. The van der Waals surface area contributed by atoms with Gasteiger partial charge in [0.15, 0.2) is 22.6 Å². The van der Waals surface area contributed by atoms with Crippen molar-refractivity contribution in [2.45, 2.75) is 44.9 Å². The van der Waals surface area contributed by atoms with Crippen LogP contribution in [0.4, 0.5) is 57.0 Å². The van der Waals surface area contributed by atoms with Crippen molar-refractivity contribution in [2.24, 2.45) is 0 Å². The van der Waals surface area contributed by atoms with Crippen LogP contribution in [0, 0.1) is 6.92 Å². The third-order valence-corrected chi connectivity index (χ3v) is 24.5. The van der Waals surface area contributed by atoms with Gasteiger partial charge >= 0.3 is 0 Å². The van der Waals surface area contributed by atoms with Gasteiger partial charge in [-0.1, -0.05) is 66.2 Å². The lowest BCUT2D eigenvalue weighted by molar-refractivity contribution is 0.0926. The van der Waals surface area contributed by atoms with Gasteiger partial charge in [-0.15, -0.1) is 0 Å². The number of ether oxygens (including phenoxy) is 1. The van der Waals surface area contributed by atoms with Gasteiger partial charge < -0.3 is 72.0 Å². The maximum atomic E-state index is 13.0. The molecule has 0 radical (unpaired) electrons. The normalized spacial score (nSPS) is 12.8. The number of hydrogen-bond donors (Lipinski definition) is 11. The Balaban J connectivity index is 0.000000118. The van der Waals surface area contributed by atoms with Crippen LogP contribution in [-0.2, 0) is 29.9 Å². The predicted octanol–water partition coefficient (Wildman–Crippen LogP) is 17.8. The second-order valence-electron chi connectivity index (χ2n) is 33.5. The Morgan fingerprint density at radius 1 is 0.442 bits per heavy atom. The van der Waals surface area contributed by atoms with Gasteiger partial charge in [0.2, 0.25) is 16.7 Å². The first kappa shape index (κ1) is 89.4. The van der Waals surface area contributed by atoms with E-state index in [1.54, 1.807) is 73.7 Å². The second-order valence-corrected chi connectivity index (χ2v) is 34.0. The molecule has 14 heterocycles. The highest BCUT2D eigenvalue weighted by Crippen LogP contribution is 2.46. The van der Waals surface area contributed by atoms with Gasteiger partial charge in [0.25, 0.3) is 23.6 Å². The van der Waals surface area contributed by atoms with Crippen LogP contribution in [0.15, 0.2) is 350 Å². The summed E-state index contributed by atoms with van der Waals surface area (Å²) in [4.78, 5) is 120. The summed E-state index contributed by atoms with van der Waals surface area (Å²) in [5.74, 6) is 0.584. The van der Waals surface area contributed by atoms with E-state index in [0.717, 1.165) is 197 Å². The lowest BCUT2D eigenvalue weighted by Gasteiger charge is -2.27. The standard InChI is InChI=1S/C31H28N6O2.C28H22ClN5O2.C27H23N5O2.C21H20N6O2/c1-36(2)25-10-3-20(4-11-25)18-33-30(38)21-5-8-24(9-6-21)35-27-13-14-28(37-16-15-32-29(27)37)22-7-12-26-23(17-22)19-34-31(26)39;29-21-5-3-20(4-6-21)28(12-13-28)33-27(36)18-1-7-22(8-2-18)32-23-9-10-24(34-16-15-31-26(23)34)19-11-14-30-25(35)17-19;1-18-4-2-3-5-21(18)17-30-27(34)19-6-8-22(9-7-19)31-23-10-11-24(32-15-14-29-26(23)32)20-12-13-28-25(33)16-20;28-20-13-15(5-6-22-20)18-3-2-17(21-23-7-8-27(18)21)25-16-1-4-19(24-14-16)26-9-11-29-12-10-26/h3-17,35H,18-19H2,1-2H3,(H,33,38)(H,34,39);1-11,14-17,32H,12-13H2,(H,30,35)(H,33,36);2-16,31H,17H2,1H3,(H,28,33)(H,30,34);1-8,13-14,25H,9-12H2,(H,22,28). The van der Waals surface area contributed by atoms with Crippen LogP contribution in [0.2, 0.25) is 5.02 Å². The summed E-state index contributed by atoms with van der Waals surface area (Å²) >= 11 is 6.01. The van der Waals surface area contributed by atoms with Crippen LogP contribution >= 0.6 is 11.6 Å². The number of imidazole rings is 4. The number of nitrogens with one attached hydrogen (secondary N) is 11. The zero-order valence-corrected chi connectivity index (χ0v) is 75.9. The number of hydrogen-bond acceptors (Lipinski definition) is 19. The molecule has 1 saturated heterocycles. The molecular formula is C107H93ClN22O8. The lowest BCUT2D eigenvalue weighted by Crippen LogP contribution is -2.36. The quantitative estimate of drug-likeness (QED) is 0.0283. The van der Waals surface area contributed by atoms with E-state index < -0.39 is 0 Å². The number of amides is 4. The lowest BCUT2D eigenvalue weighted by atomic mass is 10.0. The van der Waals surface area contributed by atoms with E-state index in [4.69, 9.17) is 16.3 Å². The van der Waals surface area contributed by atoms with Crippen molar-refractivity contribution in [3.63, 3.8) is 0 Å². The van der Waals surface area contributed by atoms with Gasteiger partial charge in [0, 0.05) is 200 Å². The van der Waals surface area contributed by atoms with Crippen molar-refractivity contribution in [3.8, 4) is 45.0 Å². The van der Waals surface area contributed by atoms with Gasteiger partial charge in [0.05, 0.1) is 76.2 Å². The van der Waals surface area contributed by atoms with Gasteiger partial charge in [-0.25, -0.2) is 24.9 Å². The van der Waals surface area contributed by atoms with Crippen LogP contribution in [0.5, 0.6) is 0 Å². The predicted molar refractivity (Wildman–Crippen MR) is 539 cm³/mol. The highest BCUT2D eigenvalue weighted by Gasteiger charge is 2.46. The van der Waals surface area contributed by atoms with Gasteiger partial charge in [-0.3, -0.25) is 51.2 Å². The third kappa shape index (κ3) is 20.3. The molecule has 0 bridgehead atoms. The number of carbonyl (C=O) groups is 4. The minimum Gasteiger partial charge on any atom is -0.378 e. The Bertz CT molecular complexity index is 7900. The molecule has 0 unspecified atom stereocenters. The molecule has 1 aliphatic carbocycles. The van der Waals surface area contributed by atoms with E-state index in [-0.39, 0.29) is 45.8 Å². The third-order valence-electron chi connectivity index (χ3n) is 24.2. The number of morpholine rings is 1. The molecule has 4 amide bonds. The molecular weight excluding hydrogens is 1760 g/mol. The van der Waals surface area contributed by atoms with Crippen molar-refractivity contribution in [2.75, 3.05) is 71.5 Å². The van der Waals surface area contributed by atoms with Crippen molar-refractivity contribution < 1.29 is 23.9 Å². The van der Waals surface area contributed by atoms with Crippen molar-refractivity contribution in [1.29, 1.82) is 0 Å². The van der Waals surface area contributed by atoms with Gasteiger partial charge in [-0.2, -0.15) is 0 Å². The highest BCUT2D eigenvalue weighted by molar-refractivity contribution is 6.30. The average molecular weight is 1850 g/mol. The zero-order chi connectivity index (χ0) is 94.8. The van der Waals surface area contributed by atoms with E-state index in [1.165, 1.54) is 0 Å². The number of halogens is 1. The molecule has 22 rings (SSSR count). The molecule has 31 heteroatoms. The molecule has 1 saturated carbocycles. The summed E-state index contributed by atoms with van der Waals surface area (Å²) in [5.41, 5.74) is 25.1. The zero-order valence-electron chi connectivity index (χ0n) is 75.2. The first-order valence-corrected chi connectivity index (χ1v) is 45.2. The summed E-state index contributed by atoms with van der Waals surface area (Å²) < 4.78 is 13.3. The Labute approximate surface area is 795 Å². The molecule has 686 valence electrons. The van der Waals surface area contributed by atoms with E-state index in [9.17, 15) is 33.6 Å². The maximum Gasteiger partial charge on any atom is 0.251 e. The van der Waals surface area contributed by atoms with Crippen LogP contribution < -0.4 is 69.0 Å². The minimum absolute atomic E-state index is 0.0257. The average Bonchev–Trinajstić information content (AvgIpc) is 1.62. The summed E-state index contributed by atoms with van der Waals surface area (Å²) in [7, 11) is 4.00. The fourth-order valence-corrected chi connectivity index (χ4v) is 16.8. The first-order chi connectivity index (χ1) is 67.3. The van der Waals surface area contributed by atoms with Gasteiger partial charge in [0.1, 0.15) is 5.82 Å². The molecule has 19 aromatic rings. The summed E-state index contributed by atoms with van der Waals surface area (Å²) in [5, 5.41) is 26.3. The number of anilines is 10. The smallest absolute Gasteiger partial charge is 0.251 e. The van der Waals surface area contributed by atoms with E-state index >= 15 is 0 Å². The molecule has 11 N–H and O–H groups in total. The number of benzene rings is 7. The molecule has 30 nitrogen and oxygen atoms in total. The number of H-pyrrole nitrogens is 3. The number of nitrogens with zero attached hydrogens (tertiary/aromatic N) is 11. The first-order valence-electron chi connectivity index (χ1n) is 44.8. The molecule has 138 heavy (non-hydrogen) atoms. The largest absolute Gasteiger partial charge is 0.378 e. The number of aromatic amines is 3. The van der Waals surface area contributed by atoms with Gasteiger partial charge in [-0.05, 0) is 241 Å².